The molecule has 2 aromatic heterocycles. The molecule has 0 radical (unpaired) electrons. The molecule has 8 nitrogen and oxygen atoms in total. The topological polar surface area (TPSA) is 107 Å². The zero-order valence-corrected chi connectivity index (χ0v) is 18.7. The number of carbonyl (C=O) groups excluding carboxylic acids is 1. The molecule has 162 valence electrons. The van der Waals surface area contributed by atoms with E-state index in [0.717, 1.165) is 21.3 Å². The van der Waals surface area contributed by atoms with E-state index in [0.29, 0.717) is 11.3 Å². The standard InChI is InChI=1S/C22H19N5O3S2/c1-16-7-9-19(10-8-16)32(29,30)27-21(17-11-13-23-14-12-17)25-26-22(27)31-15-20(28)24-18-5-3-2-4-6-18/h2-14H,15H2,1H3,(H,24,28). The maximum Gasteiger partial charge on any atom is 0.271 e. The Kier molecular flexibility index (Phi) is 6.33. The van der Waals surface area contributed by atoms with Crippen molar-refractivity contribution in [3.63, 3.8) is 0 Å². The number of amides is 1. The number of carbonyl (C=O) groups is 1. The van der Waals surface area contributed by atoms with Gasteiger partial charge in [0.15, 0.2) is 5.82 Å². The van der Waals surface area contributed by atoms with Gasteiger partial charge < -0.3 is 5.32 Å². The summed E-state index contributed by atoms with van der Waals surface area (Å²) in [6, 6.07) is 18.9. The molecule has 0 saturated heterocycles. The molecule has 0 saturated carbocycles. The molecule has 32 heavy (non-hydrogen) atoms. The monoisotopic (exact) mass is 465 g/mol. The first-order chi connectivity index (χ1) is 15.4. The van der Waals surface area contributed by atoms with Gasteiger partial charge in [-0.2, -0.15) is 3.97 Å². The van der Waals surface area contributed by atoms with Gasteiger partial charge in [0.05, 0.1) is 10.6 Å². The third-order valence-electron chi connectivity index (χ3n) is 4.48. The van der Waals surface area contributed by atoms with Crippen LogP contribution in [0.1, 0.15) is 5.56 Å². The van der Waals surface area contributed by atoms with Gasteiger partial charge in [-0.05, 0) is 43.3 Å². The Morgan fingerprint density at radius 1 is 0.969 bits per heavy atom. The Morgan fingerprint density at radius 2 is 1.66 bits per heavy atom. The third kappa shape index (κ3) is 4.71. The molecule has 0 atom stereocenters. The van der Waals surface area contributed by atoms with Crippen LogP contribution in [0.3, 0.4) is 0 Å². The van der Waals surface area contributed by atoms with Crippen LogP contribution in [0.5, 0.6) is 0 Å². The minimum atomic E-state index is -4.01. The maximum absolute atomic E-state index is 13.5. The van der Waals surface area contributed by atoms with E-state index in [9.17, 15) is 13.2 Å². The number of benzene rings is 2. The third-order valence-corrected chi connectivity index (χ3v) is 7.22. The van der Waals surface area contributed by atoms with Crippen molar-refractivity contribution >= 4 is 33.4 Å². The molecular formula is C22H19N5O3S2. The molecule has 0 fully saturated rings. The van der Waals surface area contributed by atoms with Crippen molar-refractivity contribution in [2.24, 2.45) is 0 Å². The fourth-order valence-corrected chi connectivity index (χ4v) is 5.30. The molecule has 1 N–H and O–H groups in total. The Labute approximate surface area is 189 Å². The number of hydrogen-bond donors (Lipinski definition) is 1. The first-order valence-electron chi connectivity index (χ1n) is 9.61. The molecule has 0 spiro atoms. The lowest BCUT2D eigenvalue weighted by atomic mass is 10.2. The van der Waals surface area contributed by atoms with Crippen molar-refractivity contribution in [1.82, 2.24) is 19.2 Å². The van der Waals surface area contributed by atoms with Crippen molar-refractivity contribution in [2.75, 3.05) is 11.1 Å². The van der Waals surface area contributed by atoms with E-state index in [4.69, 9.17) is 0 Å². The fraction of sp³-hybridized carbons (Fsp3) is 0.0909. The zero-order chi connectivity index (χ0) is 22.6. The lowest BCUT2D eigenvalue weighted by Gasteiger charge is -2.11. The number of anilines is 1. The van der Waals surface area contributed by atoms with Crippen molar-refractivity contribution in [2.45, 2.75) is 17.0 Å². The molecule has 10 heteroatoms. The highest BCUT2D eigenvalue weighted by Gasteiger charge is 2.27. The molecule has 4 rings (SSSR count). The van der Waals surface area contributed by atoms with Gasteiger partial charge in [0.25, 0.3) is 10.0 Å². The summed E-state index contributed by atoms with van der Waals surface area (Å²) in [5.74, 6) is -0.167. The number of aromatic nitrogens is 4. The summed E-state index contributed by atoms with van der Waals surface area (Å²) in [4.78, 5) is 16.5. The summed E-state index contributed by atoms with van der Waals surface area (Å²) in [7, 11) is -4.01. The molecule has 0 aliphatic heterocycles. The summed E-state index contributed by atoms with van der Waals surface area (Å²) in [5.41, 5.74) is 2.14. The van der Waals surface area contributed by atoms with E-state index < -0.39 is 10.0 Å². The summed E-state index contributed by atoms with van der Waals surface area (Å²) in [6.07, 6.45) is 3.10. The predicted molar refractivity (Wildman–Crippen MR) is 123 cm³/mol. The van der Waals surface area contributed by atoms with Crippen molar-refractivity contribution in [1.29, 1.82) is 0 Å². The summed E-state index contributed by atoms with van der Waals surface area (Å²) in [6.45, 7) is 1.88. The van der Waals surface area contributed by atoms with Gasteiger partial charge >= 0.3 is 0 Å². The van der Waals surface area contributed by atoms with Crippen LogP contribution in [-0.4, -0.2) is 39.2 Å². The summed E-state index contributed by atoms with van der Waals surface area (Å²) in [5, 5.41) is 11.1. The highest BCUT2D eigenvalue weighted by molar-refractivity contribution is 8.00. The van der Waals surface area contributed by atoms with E-state index in [1.165, 1.54) is 12.1 Å². The van der Waals surface area contributed by atoms with E-state index in [1.54, 1.807) is 48.8 Å². The molecule has 4 aromatic rings. The van der Waals surface area contributed by atoms with Crippen LogP contribution in [0.4, 0.5) is 5.69 Å². The number of nitrogens with zero attached hydrogens (tertiary/aromatic N) is 4. The van der Waals surface area contributed by atoms with Crippen LogP contribution in [0.25, 0.3) is 11.4 Å². The minimum Gasteiger partial charge on any atom is -0.325 e. The number of para-hydroxylation sites is 1. The van der Waals surface area contributed by atoms with Crippen molar-refractivity contribution in [3.8, 4) is 11.4 Å². The zero-order valence-electron chi connectivity index (χ0n) is 17.0. The van der Waals surface area contributed by atoms with Crippen LogP contribution in [0.15, 0.2) is 89.2 Å². The molecule has 0 aliphatic carbocycles. The Morgan fingerprint density at radius 3 is 2.34 bits per heavy atom. The number of pyridine rings is 1. The number of hydrogen-bond acceptors (Lipinski definition) is 7. The van der Waals surface area contributed by atoms with Crippen LogP contribution < -0.4 is 5.32 Å². The van der Waals surface area contributed by atoms with Gasteiger partial charge in [-0.1, -0.05) is 47.7 Å². The number of nitrogens with one attached hydrogen (secondary N) is 1. The normalized spacial score (nSPS) is 11.3. The van der Waals surface area contributed by atoms with Gasteiger partial charge in [0.1, 0.15) is 0 Å². The first kappa shape index (κ1) is 21.7. The van der Waals surface area contributed by atoms with Crippen LogP contribution >= 0.6 is 11.8 Å². The van der Waals surface area contributed by atoms with Gasteiger partial charge in [-0.3, -0.25) is 9.78 Å². The highest BCUT2D eigenvalue weighted by atomic mass is 32.2. The number of rotatable bonds is 7. The van der Waals surface area contributed by atoms with Crippen LogP contribution in [-0.2, 0) is 14.8 Å². The maximum atomic E-state index is 13.5. The highest BCUT2D eigenvalue weighted by Crippen LogP contribution is 2.29. The second-order valence-corrected chi connectivity index (χ2v) is 9.56. The van der Waals surface area contributed by atoms with Gasteiger partial charge in [-0.25, -0.2) is 8.42 Å². The molecule has 2 heterocycles. The quantitative estimate of drug-likeness (QED) is 0.416. The fourth-order valence-electron chi connectivity index (χ4n) is 2.91. The summed E-state index contributed by atoms with van der Waals surface area (Å²) >= 11 is 0.997. The van der Waals surface area contributed by atoms with Gasteiger partial charge in [-0.15, -0.1) is 10.2 Å². The largest absolute Gasteiger partial charge is 0.325 e. The molecule has 1 amide bonds. The lowest BCUT2D eigenvalue weighted by molar-refractivity contribution is -0.113. The lowest BCUT2D eigenvalue weighted by Crippen LogP contribution is -2.18. The number of thioether (sulfide) groups is 1. The number of aryl methyl sites for hydroxylation is 1. The Balaban J connectivity index is 1.68. The minimum absolute atomic E-state index is 0.0349. The van der Waals surface area contributed by atoms with E-state index in [-0.39, 0.29) is 27.5 Å². The van der Waals surface area contributed by atoms with Crippen molar-refractivity contribution in [3.05, 3.63) is 84.7 Å². The average molecular weight is 466 g/mol. The predicted octanol–water partition coefficient (Wildman–Crippen LogP) is 3.62. The molecule has 0 bridgehead atoms. The van der Waals surface area contributed by atoms with Crippen molar-refractivity contribution < 1.29 is 13.2 Å². The Hall–Kier alpha value is -3.50. The molecule has 0 aliphatic rings. The van der Waals surface area contributed by atoms with E-state index >= 15 is 0 Å². The first-order valence-corrected chi connectivity index (χ1v) is 12.0. The second-order valence-electron chi connectivity index (χ2n) is 6.83. The van der Waals surface area contributed by atoms with E-state index in [1.807, 2.05) is 25.1 Å². The van der Waals surface area contributed by atoms with E-state index in [2.05, 4.69) is 20.5 Å². The average Bonchev–Trinajstić information content (AvgIpc) is 3.24. The van der Waals surface area contributed by atoms with Crippen LogP contribution in [0, 0.1) is 6.92 Å². The van der Waals surface area contributed by atoms with Gasteiger partial charge in [0, 0.05) is 23.6 Å². The Bertz CT molecular complexity index is 1320. The molecule has 2 aromatic carbocycles. The van der Waals surface area contributed by atoms with Gasteiger partial charge in [0.2, 0.25) is 11.1 Å². The SMILES string of the molecule is Cc1ccc(S(=O)(=O)n2c(SCC(=O)Nc3ccccc3)nnc2-c2ccncc2)cc1. The second kappa shape index (κ2) is 9.33. The van der Waals surface area contributed by atoms with Crippen LogP contribution in [0.2, 0.25) is 0 Å². The summed E-state index contributed by atoms with van der Waals surface area (Å²) < 4.78 is 28.1. The molecule has 0 unspecified atom stereocenters. The molecular weight excluding hydrogens is 446 g/mol. The smallest absolute Gasteiger partial charge is 0.271 e.